The Balaban J connectivity index is 1.92. The standard InChI is InChI=1S/C12H21NO3/c14-7-9-3-1-2-4-10(9)13-11(12(15)16)8-5-6-8/h8-11,13-14H,1-7H2,(H,15,16). The van der Waals surface area contributed by atoms with Crippen molar-refractivity contribution >= 4 is 5.97 Å². The highest BCUT2D eigenvalue weighted by molar-refractivity contribution is 5.74. The molecule has 3 N–H and O–H groups in total. The number of rotatable bonds is 5. The fourth-order valence-corrected chi connectivity index (χ4v) is 2.71. The molecule has 0 bridgehead atoms. The van der Waals surface area contributed by atoms with Crippen LogP contribution in [0.4, 0.5) is 0 Å². The molecule has 4 nitrogen and oxygen atoms in total. The van der Waals surface area contributed by atoms with Gasteiger partial charge < -0.3 is 15.5 Å². The van der Waals surface area contributed by atoms with E-state index < -0.39 is 12.0 Å². The van der Waals surface area contributed by atoms with Gasteiger partial charge in [0.15, 0.2) is 0 Å². The first-order valence-corrected chi connectivity index (χ1v) is 6.32. The van der Waals surface area contributed by atoms with Crippen molar-refractivity contribution in [2.75, 3.05) is 6.61 Å². The first kappa shape index (κ1) is 11.9. The summed E-state index contributed by atoms with van der Waals surface area (Å²) in [5, 5.41) is 21.7. The van der Waals surface area contributed by atoms with Crippen LogP contribution in [0.2, 0.25) is 0 Å². The maximum absolute atomic E-state index is 11.1. The molecule has 2 aliphatic rings. The van der Waals surface area contributed by atoms with Gasteiger partial charge in [0.2, 0.25) is 0 Å². The van der Waals surface area contributed by atoms with Crippen molar-refractivity contribution < 1.29 is 15.0 Å². The molecule has 16 heavy (non-hydrogen) atoms. The Kier molecular flexibility index (Phi) is 3.82. The third kappa shape index (κ3) is 2.74. The minimum absolute atomic E-state index is 0.175. The molecule has 2 rings (SSSR count). The number of nitrogens with one attached hydrogen (secondary N) is 1. The quantitative estimate of drug-likeness (QED) is 0.655. The molecule has 0 aromatic heterocycles. The van der Waals surface area contributed by atoms with E-state index in [1.807, 2.05) is 0 Å². The Labute approximate surface area is 96.0 Å². The van der Waals surface area contributed by atoms with Crippen LogP contribution in [0, 0.1) is 11.8 Å². The summed E-state index contributed by atoms with van der Waals surface area (Å²) in [6.07, 6.45) is 6.38. The second-order valence-corrected chi connectivity index (χ2v) is 5.15. The Morgan fingerprint density at radius 1 is 1.25 bits per heavy atom. The summed E-state index contributed by atoms with van der Waals surface area (Å²) in [6, 6.07) is -0.197. The first-order chi connectivity index (χ1) is 7.72. The van der Waals surface area contributed by atoms with E-state index in [9.17, 15) is 9.90 Å². The van der Waals surface area contributed by atoms with Gasteiger partial charge in [-0.3, -0.25) is 4.79 Å². The van der Waals surface area contributed by atoms with Crippen molar-refractivity contribution in [3.63, 3.8) is 0 Å². The van der Waals surface area contributed by atoms with Crippen LogP contribution in [0.5, 0.6) is 0 Å². The number of hydrogen-bond donors (Lipinski definition) is 3. The van der Waals surface area contributed by atoms with E-state index in [-0.39, 0.29) is 18.6 Å². The van der Waals surface area contributed by atoms with Gasteiger partial charge in [-0.25, -0.2) is 0 Å². The molecule has 0 heterocycles. The topological polar surface area (TPSA) is 69.6 Å². The molecule has 2 saturated carbocycles. The Morgan fingerprint density at radius 2 is 1.94 bits per heavy atom. The summed E-state index contributed by atoms with van der Waals surface area (Å²) in [6.45, 7) is 0.175. The third-order valence-corrected chi connectivity index (χ3v) is 3.90. The molecule has 0 aromatic carbocycles. The lowest BCUT2D eigenvalue weighted by Gasteiger charge is -2.33. The monoisotopic (exact) mass is 227 g/mol. The lowest BCUT2D eigenvalue weighted by molar-refractivity contribution is -0.140. The average molecular weight is 227 g/mol. The van der Waals surface area contributed by atoms with E-state index in [2.05, 4.69) is 5.32 Å². The lowest BCUT2D eigenvalue weighted by Crippen LogP contribution is -2.49. The van der Waals surface area contributed by atoms with Gasteiger partial charge in [-0.1, -0.05) is 12.8 Å². The van der Waals surface area contributed by atoms with Gasteiger partial charge in [-0.2, -0.15) is 0 Å². The van der Waals surface area contributed by atoms with Gasteiger partial charge in [0, 0.05) is 12.6 Å². The number of aliphatic carboxylic acids is 1. The highest BCUT2D eigenvalue weighted by atomic mass is 16.4. The number of carbonyl (C=O) groups is 1. The zero-order valence-electron chi connectivity index (χ0n) is 9.56. The summed E-state index contributed by atoms with van der Waals surface area (Å²) in [5.41, 5.74) is 0. The van der Waals surface area contributed by atoms with Crippen LogP contribution in [-0.4, -0.2) is 34.9 Å². The molecule has 4 heteroatoms. The summed E-state index contributed by atoms with van der Waals surface area (Å²) in [5.74, 6) is -0.169. The summed E-state index contributed by atoms with van der Waals surface area (Å²) in [4.78, 5) is 11.1. The predicted octanol–water partition coefficient (Wildman–Crippen LogP) is 0.990. The predicted molar refractivity (Wildman–Crippen MR) is 60.1 cm³/mol. The van der Waals surface area contributed by atoms with Crippen molar-refractivity contribution in [1.29, 1.82) is 0 Å². The van der Waals surface area contributed by atoms with E-state index in [1.54, 1.807) is 0 Å². The smallest absolute Gasteiger partial charge is 0.320 e. The molecule has 3 unspecified atom stereocenters. The first-order valence-electron chi connectivity index (χ1n) is 6.32. The van der Waals surface area contributed by atoms with Crippen LogP contribution in [0.15, 0.2) is 0 Å². The van der Waals surface area contributed by atoms with Crippen LogP contribution >= 0.6 is 0 Å². The number of aliphatic hydroxyl groups excluding tert-OH is 1. The molecule has 0 saturated heterocycles. The lowest BCUT2D eigenvalue weighted by atomic mass is 9.84. The summed E-state index contributed by atoms with van der Waals surface area (Å²) >= 11 is 0. The minimum Gasteiger partial charge on any atom is -0.480 e. The van der Waals surface area contributed by atoms with Crippen molar-refractivity contribution in [2.45, 2.75) is 50.6 Å². The molecule has 0 aliphatic heterocycles. The van der Waals surface area contributed by atoms with Crippen molar-refractivity contribution in [3.05, 3.63) is 0 Å². The zero-order valence-corrected chi connectivity index (χ0v) is 9.56. The highest BCUT2D eigenvalue weighted by Gasteiger charge is 2.38. The Morgan fingerprint density at radius 3 is 2.50 bits per heavy atom. The van der Waals surface area contributed by atoms with E-state index in [0.717, 1.165) is 38.5 Å². The fourth-order valence-electron chi connectivity index (χ4n) is 2.71. The molecule has 0 radical (unpaired) electrons. The molecule has 0 aromatic rings. The number of hydrogen-bond acceptors (Lipinski definition) is 3. The average Bonchev–Trinajstić information content (AvgIpc) is 3.10. The number of carboxylic acid groups (broad SMARTS) is 1. The van der Waals surface area contributed by atoms with Crippen molar-refractivity contribution in [1.82, 2.24) is 5.32 Å². The summed E-state index contributed by atoms with van der Waals surface area (Å²) < 4.78 is 0. The molecule has 2 aliphatic carbocycles. The molecule has 92 valence electrons. The van der Waals surface area contributed by atoms with Gasteiger partial charge >= 0.3 is 5.97 Å². The van der Waals surface area contributed by atoms with Crippen LogP contribution in [0.25, 0.3) is 0 Å². The second kappa shape index (κ2) is 5.15. The fraction of sp³-hybridized carbons (Fsp3) is 0.917. The van der Waals surface area contributed by atoms with E-state index in [1.165, 1.54) is 0 Å². The molecule has 2 fully saturated rings. The van der Waals surface area contributed by atoms with Crippen LogP contribution in [0.1, 0.15) is 38.5 Å². The van der Waals surface area contributed by atoms with Crippen LogP contribution in [0.3, 0.4) is 0 Å². The maximum atomic E-state index is 11.1. The van der Waals surface area contributed by atoms with E-state index in [4.69, 9.17) is 5.11 Å². The van der Waals surface area contributed by atoms with Crippen LogP contribution < -0.4 is 5.32 Å². The molecule has 0 spiro atoms. The molecule has 0 amide bonds. The van der Waals surface area contributed by atoms with Crippen LogP contribution in [-0.2, 0) is 4.79 Å². The maximum Gasteiger partial charge on any atom is 0.320 e. The second-order valence-electron chi connectivity index (χ2n) is 5.15. The van der Waals surface area contributed by atoms with Crippen molar-refractivity contribution in [3.8, 4) is 0 Å². The van der Waals surface area contributed by atoms with Gasteiger partial charge in [0.05, 0.1) is 0 Å². The minimum atomic E-state index is -0.732. The van der Waals surface area contributed by atoms with Gasteiger partial charge in [-0.05, 0) is 37.5 Å². The van der Waals surface area contributed by atoms with E-state index >= 15 is 0 Å². The third-order valence-electron chi connectivity index (χ3n) is 3.90. The number of carboxylic acids is 1. The zero-order chi connectivity index (χ0) is 11.5. The largest absolute Gasteiger partial charge is 0.480 e. The Hall–Kier alpha value is -0.610. The Bertz CT molecular complexity index is 253. The highest BCUT2D eigenvalue weighted by Crippen LogP contribution is 2.34. The van der Waals surface area contributed by atoms with Crippen molar-refractivity contribution in [2.24, 2.45) is 11.8 Å². The molecule has 3 atom stereocenters. The van der Waals surface area contributed by atoms with E-state index in [0.29, 0.717) is 5.92 Å². The van der Waals surface area contributed by atoms with Gasteiger partial charge in [0.25, 0.3) is 0 Å². The normalized spacial score (nSPS) is 32.3. The molecular weight excluding hydrogens is 206 g/mol. The van der Waals surface area contributed by atoms with Gasteiger partial charge in [-0.15, -0.1) is 0 Å². The number of aliphatic hydroxyl groups is 1. The molecular formula is C12H21NO3. The van der Waals surface area contributed by atoms with Gasteiger partial charge in [0.1, 0.15) is 6.04 Å². The summed E-state index contributed by atoms with van der Waals surface area (Å²) in [7, 11) is 0. The SMILES string of the molecule is O=C(O)C(NC1CCCCC1CO)C1CC1.